The highest BCUT2D eigenvalue weighted by atomic mass is 16.1. The predicted octanol–water partition coefficient (Wildman–Crippen LogP) is 2.55. The van der Waals surface area contributed by atoms with Crippen LogP contribution in [0.25, 0.3) is 6.08 Å². The summed E-state index contributed by atoms with van der Waals surface area (Å²) in [6, 6.07) is 6.08. The summed E-state index contributed by atoms with van der Waals surface area (Å²) in [6.45, 7) is 2.01. The second-order valence-corrected chi connectivity index (χ2v) is 4.78. The molecule has 0 unspecified atom stereocenters. The molecule has 90 valence electrons. The summed E-state index contributed by atoms with van der Waals surface area (Å²) in [5, 5.41) is 4.11. The van der Waals surface area contributed by atoms with Crippen LogP contribution in [0.4, 0.5) is 0 Å². The summed E-state index contributed by atoms with van der Waals surface area (Å²) in [4.78, 5) is 12.3. The highest BCUT2D eigenvalue weighted by Crippen LogP contribution is 2.28. The summed E-state index contributed by atoms with van der Waals surface area (Å²) in [6.07, 6.45) is 6.34. The molecule has 0 radical (unpaired) electrons. The van der Waals surface area contributed by atoms with E-state index in [9.17, 15) is 4.79 Å². The first-order valence-corrected chi connectivity index (χ1v) is 5.97. The van der Waals surface area contributed by atoms with Gasteiger partial charge in [-0.1, -0.05) is 17.7 Å². The van der Waals surface area contributed by atoms with Crippen molar-refractivity contribution in [2.45, 2.75) is 13.3 Å². The monoisotopic (exact) mass is 238 g/mol. The number of aryl methyl sites for hydroxylation is 2. The van der Waals surface area contributed by atoms with Crippen molar-refractivity contribution in [3.05, 3.63) is 58.4 Å². The number of hydrogen-bond acceptors (Lipinski definition) is 2. The molecule has 1 aliphatic rings. The van der Waals surface area contributed by atoms with E-state index in [0.29, 0.717) is 0 Å². The van der Waals surface area contributed by atoms with Gasteiger partial charge in [-0.25, -0.2) is 0 Å². The number of fused-ring (bicyclic) bond motifs is 1. The number of carbonyl (C=O) groups excluding carboxylic acids is 1. The number of nitrogens with zero attached hydrogens (tertiary/aromatic N) is 2. The number of benzene rings is 1. The molecule has 0 aliphatic heterocycles. The van der Waals surface area contributed by atoms with Gasteiger partial charge in [0.15, 0.2) is 5.78 Å². The molecule has 3 rings (SSSR count). The average Bonchev–Trinajstić information content (AvgIpc) is 2.86. The van der Waals surface area contributed by atoms with Crippen LogP contribution in [-0.2, 0) is 13.5 Å². The quantitative estimate of drug-likeness (QED) is 0.716. The molecule has 0 saturated heterocycles. The summed E-state index contributed by atoms with van der Waals surface area (Å²) in [7, 11) is 1.87. The SMILES string of the molecule is Cc1ccc2c(c1)C(=O)C(=Cc1cnn(C)c1)C2. The van der Waals surface area contributed by atoms with Crippen LogP contribution in [0.15, 0.2) is 36.2 Å². The summed E-state index contributed by atoms with van der Waals surface area (Å²) in [5.41, 5.74) is 4.93. The Hall–Kier alpha value is -2.16. The van der Waals surface area contributed by atoms with Crippen LogP contribution < -0.4 is 0 Å². The minimum Gasteiger partial charge on any atom is -0.289 e. The van der Waals surface area contributed by atoms with E-state index in [-0.39, 0.29) is 5.78 Å². The van der Waals surface area contributed by atoms with E-state index >= 15 is 0 Å². The maximum absolute atomic E-state index is 12.3. The molecule has 0 fully saturated rings. The van der Waals surface area contributed by atoms with E-state index in [0.717, 1.165) is 34.2 Å². The first kappa shape index (κ1) is 11.0. The van der Waals surface area contributed by atoms with E-state index in [4.69, 9.17) is 0 Å². The van der Waals surface area contributed by atoms with Crippen LogP contribution in [0.2, 0.25) is 0 Å². The lowest BCUT2D eigenvalue weighted by atomic mass is 10.1. The zero-order valence-corrected chi connectivity index (χ0v) is 10.5. The Morgan fingerprint density at radius 1 is 1.39 bits per heavy atom. The predicted molar refractivity (Wildman–Crippen MR) is 70.4 cm³/mol. The molecule has 2 aromatic rings. The first-order valence-electron chi connectivity index (χ1n) is 5.97. The van der Waals surface area contributed by atoms with E-state index in [2.05, 4.69) is 11.2 Å². The Morgan fingerprint density at radius 3 is 2.94 bits per heavy atom. The van der Waals surface area contributed by atoms with Gasteiger partial charge < -0.3 is 0 Å². The Bertz CT molecular complexity index is 665. The van der Waals surface area contributed by atoms with Gasteiger partial charge in [0, 0.05) is 36.4 Å². The molecule has 1 heterocycles. The lowest BCUT2D eigenvalue weighted by molar-refractivity contribution is 0.104. The third-order valence-corrected chi connectivity index (χ3v) is 3.25. The first-order chi connectivity index (χ1) is 8.63. The number of ketones is 1. The van der Waals surface area contributed by atoms with Gasteiger partial charge in [-0.3, -0.25) is 9.48 Å². The van der Waals surface area contributed by atoms with Crippen molar-refractivity contribution in [2.75, 3.05) is 0 Å². The van der Waals surface area contributed by atoms with Crippen LogP contribution in [-0.4, -0.2) is 15.6 Å². The molecule has 1 aliphatic carbocycles. The standard InChI is InChI=1S/C15H14N2O/c1-10-3-4-12-7-13(15(18)14(12)5-10)6-11-8-16-17(2)9-11/h3-6,8-9H,7H2,1-2H3. The third kappa shape index (κ3) is 1.78. The fraction of sp³-hybridized carbons (Fsp3) is 0.200. The number of carbonyl (C=O) groups is 1. The van der Waals surface area contributed by atoms with Crippen LogP contribution in [0.5, 0.6) is 0 Å². The van der Waals surface area contributed by atoms with E-state index < -0.39 is 0 Å². The van der Waals surface area contributed by atoms with Crippen LogP contribution in [0, 0.1) is 6.92 Å². The average molecular weight is 238 g/mol. The van der Waals surface area contributed by atoms with Gasteiger partial charge in [0.1, 0.15) is 0 Å². The highest BCUT2D eigenvalue weighted by Gasteiger charge is 2.24. The van der Waals surface area contributed by atoms with Gasteiger partial charge in [-0.15, -0.1) is 0 Å². The van der Waals surface area contributed by atoms with Crippen molar-refractivity contribution in [1.82, 2.24) is 9.78 Å². The molecule has 0 bridgehead atoms. The van der Waals surface area contributed by atoms with Crippen molar-refractivity contribution >= 4 is 11.9 Å². The smallest absolute Gasteiger partial charge is 0.189 e. The molecule has 0 N–H and O–H groups in total. The van der Waals surface area contributed by atoms with Gasteiger partial charge >= 0.3 is 0 Å². The zero-order valence-electron chi connectivity index (χ0n) is 10.5. The fourth-order valence-corrected chi connectivity index (χ4v) is 2.35. The van der Waals surface area contributed by atoms with Crippen molar-refractivity contribution in [3.8, 4) is 0 Å². The topological polar surface area (TPSA) is 34.9 Å². The Balaban J connectivity index is 1.99. The maximum atomic E-state index is 12.3. The third-order valence-electron chi connectivity index (χ3n) is 3.25. The number of rotatable bonds is 1. The van der Waals surface area contributed by atoms with E-state index in [1.807, 2.05) is 38.4 Å². The molecule has 1 aromatic carbocycles. The minimum absolute atomic E-state index is 0.151. The molecule has 3 heteroatoms. The largest absolute Gasteiger partial charge is 0.289 e. The lowest BCUT2D eigenvalue weighted by Gasteiger charge is -1.96. The van der Waals surface area contributed by atoms with Crippen LogP contribution in [0.1, 0.15) is 27.0 Å². The highest BCUT2D eigenvalue weighted by molar-refractivity contribution is 6.15. The normalized spacial score (nSPS) is 16.3. The fourth-order valence-electron chi connectivity index (χ4n) is 2.35. The lowest BCUT2D eigenvalue weighted by Crippen LogP contribution is -1.95. The zero-order chi connectivity index (χ0) is 12.7. The molecule has 3 nitrogen and oxygen atoms in total. The number of aromatic nitrogens is 2. The Morgan fingerprint density at radius 2 is 2.22 bits per heavy atom. The minimum atomic E-state index is 0.151. The molecule has 18 heavy (non-hydrogen) atoms. The van der Waals surface area contributed by atoms with Crippen LogP contribution >= 0.6 is 0 Å². The van der Waals surface area contributed by atoms with Crippen LogP contribution in [0.3, 0.4) is 0 Å². The number of hydrogen-bond donors (Lipinski definition) is 0. The van der Waals surface area contributed by atoms with Gasteiger partial charge in [-0.05, 0) is 24.6 Å². The number of Topliss-reactive ketones (excluding diaryl/α,β-unsaturated/α-hetero) is 1. The summed E-state index contributed by atoms with van der Waals surface area (Å²) < 4.78 is 1.74. The summed E-state index contributed by atoms with van der Waals surface area (Å²) in [5.74, 6) is 0.151. The Kier molecular flexibility index (Phi) is 2.40. The molecule has 0 amide bonds. The van der Waals surface area contributed by atoms with Gasteiger partial charge in [0.25, 0.3) is 0 Å². The molecule has 0 atom stereocenters. The Labute approximate surface area is 106 Å². The van der Waals surface area contributed by atoms with Crippen molar-refractivity contribution in [3.63, 3.8) is 0 Å². The van der Waals surface area contributed by atoms with Gasteiger partial charge in [0.2, 0.25) is 0 Å². The molecule has 0 saturated carbocycles. The molecule has 1 aromatic heterocycles. The van der Waals surface area contributed by atoms with Gasteiger partial charge in [-0.2, -0.15) is 5.10 Å². The second-order valence-electron chi connectivity index (χ2n) is 4.78. The van der Waals surface area contributed by atoms with Gasteiger partial charge in [0.05, 0.1) is 6.20 Å². The van der Waals surface area contributed by atoms with Crippen molar-refractivity contribution in [1.29, 1.82) is 0 Å². The molecule has 0 spiro atoms. The van der Waals surface area contributed by atoms with E-state index in [1.165, 1.54) is 0 Å². The molecular weight excluding hydrogens is 224 g/mol. The maximum Gasteiger partial charge on any atom is 0.189 e. The summed E-state index contributed by atoms with van der Waals surface area (Å²) >= 11 is 0. The second kappa shape index (κ2) is 3.95. The number of allylic oxidation sites excluding steroid dienone is 1. The van der Waals surface area contributed by atoms with E-state index in [1.54, 1.807) is 10.9 Å². The van der Waals surface area contributed by atoms with Crippen molar-refractivity contribution < 1.29 is 4.79 Å². The molecular formula is C15H14N2O. The van der Waals surface area contributed by atoms with Crippen molar-refractivity contribution in [2.24, 2.45) is 7.05 Å².